The van der Waals surface area contributed by atoms with Gasteiger partial charge in [0.25, 0.3) is 0 Å². The van der Waals surface area contributed by atoms with Gasteiger partial charge in [0.05, 0.1) is 20.8 Å². The van der Waals surface area contributed by atoms with Crippen LogP contribution in [0.25, 0.3) is 0 Å². The Morgan fingerprint density at radius 2 is 1.85 bits per heavy atom. The second kappa shape index (κ2) is 11.4. The Bertz CT molecular complexity index is 978. The molecule has 0 bridgehead atoms. The molecule has 178 valence electrons. The second-order valence-electron chi connectivity index (χ2n) is 8.00. The van der Waals surface area contributed by atoms with Crippen LogP contribution in [0, 0.1) is 0 Å². The van der Waals surface area contributed by atoms with E-state index in [1.54, 1.807) is 21.3 Å². The monoisotopic (exact) mass is 565 g/mol. The number of hydrogen-bond donors (Lipinski definition) is 2. The van der Waals surface area contributed by atoms with Gasteiger partial charge in [-0.05, 0) is 24.5 Å². The topological polar surface area (TPSA) is 78.4 Å². The van der Waals surface area contributed by atoms with Crippen LogP contribution in [-0.2, 0) is 11.2 Å². The van der Waals surface area contributed by atoms with Gasteiger partial charge in [0.15, 0.2) is 5.96 Å². The third-order valence-electron chi connectivity index (χ3n) is 6.05. The molecule has 2 heterocycles. The molecule has 1 unspecified atom stereocenters. The molecule has 0 aliphatic carbocycles. The summed E-state index contributed by atoms with van der Waals surface area (Å²) in [5.74, 6) is 2.24. The molecule has 1 amide bonds. The Kier molecular flexibility index (Phi) is 8.65. The number of amides is 1. The molecule has 0 spiro atoms. The Hall–Kier alpha value is -2.69. The standard InChI is InChI=1S/C24H31N5O3.HI/c1-25-24(26-15-23(30)29-11-8-17-6-4-5-7-22(17)29)27-18-9-10-28(16-18)19-12-20(31-2)14-21(13-19)32-3;/h4-7,12-14,18H,8-11,15-16H2,1-3H3,(H2,25,26,27);1H. The molecule has 4 rings (SSSR count). The highest BCUT2D eigenvalue weighted by Crippen LogP contribution is 2.30. The summed E-state index contributed by atoms with van der Waals surface area (Å²) in [4.78, 5) is 21.2. The lowest BCUT2D eigenvalue weighted by molar-refractivity contribution is -0.117. The average Bonchev–Trinajstić information content (AvgIpc) is 3.48. The van der Waals surface area contributed by atoms with E-state index in [-0.39, 0.29) is 42.5 Å². The average molecular weight is 565 g/mol. The number of hydrogen-bond acceptors (Lipinski definition) is 5. The van der Waals surface area contributed by atoms with Gasteiger partial charge in [0.1, 0.15) is 11.5 Å². The lowest BCUT2D eigenvalue weighted by atomic mass is 10.2. The molecule has 0 saturated carbocycles. The molecule has 9 heteroatoms. The van der Waals surface area contributed by atoms with Crippen LogP contribution in [0.2, 0.25) is 0 Å². The van der Waals surface area contributed by atoms with E-state index in [2.05, 4.69) is 26.6 Å². The quantitative estimate of drug-likeness (QED) is 0.319. The van der Waals surface area contributed by atoms with Gasteiger partial charge < -0.3 is 29.9 Å². The van der Waals surface area contributed by atoms with E-state index in [0.717, 1.165) is 55.3 Å². The van der Waals surface area contributed by atoms with E-state index < -0.39 is 0 Å². The number of ether oxygens (including phenoxy) is 2. The van der Waals surface area contributed by atoms with Crippen molar-refractivity contribution in [3.63, 3.8) is 0 Å². The van der Waals surface area contributed by atoms with Gasteiger partial charge in [-0.3, -0.25) is 9.79 Å². The molecular weight excluding hydrogens is 533 g/mol. The molecule has 0 aromatic heterocycles. The number of nitrogens with one attached hydrogen (secondary N) is 2. The smallest absolute Gasteiger partial charge is 0.246 e. The predicted molar refractivity (Wildman–Crippen MR) is 143 cm³/mol. The number of guanidine groups is 1. The molecule has 2 aromatic rings. The number of rotatable bonds is 6. The maximum absolute atomic E-state index is 12.8. The molecule has 2 aromatic carbocycles. The molecule has 1 fully saturated rings. The zero-order valence-corrected chi connectivity index (χ0v) is 21.7. The van der Waals surface area contributed by atoms with Crippen molar-refractivity contribution >= 4 is 47.2 Å². The molecule has 33 heavy (non-hydrogen) atoms. The first-order chi connectivity index (χ1) is 15.6. The summed E-state index contributed by atoms with van der Waals surface area (Å²) >= 11 is 0. The van der Waals surface area contributed by atoms with Crippen molar-refractivity contribution in [1.29, 1.82) is 0 Å². The first-order valence-corrected chi connectivity index (χ1v) is 10.9. The fourth-order valence-electron chi connectivity index (χ4n) is 4.33. The van der Waals surface area contributed by atoms with Crippen LogP contribution in [0.5, 0.6) is 11.5 Å². The summed E-state index contributed by atoms with van der Waals surface area (Å²) in [6.07, 6.45) is 1.87. The van der Waals surface area contributed by atoms with Crippen molar-refractivity contribution in [2.75, 3.05) is 57.2 Å². The number of methoxy groups -OCH3 is 2. The first-order valence-electron chi connectivity index (χ1n) is 10.9. The Labute approximate surface area is 212 Å². The fourth-order valence-corrected chi connectivity index (χ4v) is 4.33. The van der Waals surface area contributed by atoms with Crippen LogP contribution < -0.4 is 29.9 Å². The van der Waals surface area contributed by atoms with E-state index in [0.29, 0.717) is 5.96 Å². The van der Waals surface area contributed by atoms with Crippen molar-refractivity contribution in [3.05, 3.63) is 48.0 Å². The zero-order chi connectivity index (χ0) is 22.5. The van der Waals surface area contributed by atoms with E-state index in [9.17, 15) is 4.79 Å². The molecule has 2 aliphatic rings. The fraction of sp³-hybridized carbons (Fsp3) is 0.417. The number of benzene rings is 2. The van der Waals surface area contributed by atoms with Gasteiger partial charge in [-0.2, -0.15) is 0 Å². The summed E-state index contributed by atoms with van der Waals surface area (Å²) in [7, 11) is 5.04. The normalized spacial score (nSPS) is 17.3. The highest BCUT2D eigenvalue weighted by atomic mass is 127. The van der Waals surface area contributed by atoms with E-state index in [4.69, 9.17) is 9.47 Å². The van der Waals surface area contributed by atoms with Gasteiger partial charge in [-0.15, -0.1) is 24.0 Å². The Morgan fingerprint density at radius 1 is 1.12 bits per heavy atom. The van der Waals surface area contributed by atoms with Crippen LogP contribution in [-0.4, -0.2) is 65.4 Å². The lowest BCUT2D eigenvalue weighted by Gasteiger charge is -2.22. The van der Waals surface area contributed by atoms with Gasteiger partial charge in [-0.25, -0.2) is 0 Å². The molecular formula is C24H32IN5O3. The summed E-state index contributed by atoms with van der Waals surface area (Å²) in [5, 5.41) is 6.64. The number of nitrogens with zero attached hydrogens (tertiary/aromatic N) is 3. The lowest BCUT2D eigenvalue weighted by Crippen LogP contribution is -2.48. The van der Waals surface area contributed by atoms with Crippen LogP contribution in [0.15, 0.2) is 47.5 Å². The Balaban J connectivity index is 0.00000306. The molecule has 8 nitrogen and oxygen atoms in total. The maximum Gasteiger partial charge on any atom is 0.246 e. The minimum atomic E-state index is 0. The van der Waals surface area contributed by atoms with E-state index >= 15 is 0 Å². The maximum atomic E-state index is 12.8. The molecule has 2 aliphatic heterocycles. The largest absolute Gasteiger partial charge is 0.497 e. The number of para-hydroxylation sites is 1. The molecule has 1 atom stereocenters. The van der Waals surface area contributed by atoms with Crippen LogP contribution in [0.1, 0.15) is 12.0 Å². The van der Waals surface area contributed by atoms with Crippen molar-refractivity contribution in [2.45, 2.75) is 18.9 Å². The highest BCUT2D eigenvalue weighted by Gasteiger charge is 2.26. The minimum Gasteiger partial charge on any atom is -0.497 e. The van der Waals surface area contributed by atoms with Gasteiger partial charge >= 0.3 is 0 Å². The molecule has 0 radical (unpaired) electrons. The summed E-state index contributed by atoms with van der Waals surface area (Å²) in [6.45, 7) is 2.67. The van der Waals surface area contributed by atoms with Gasteiger partial charge in [-0.1, -0.05) is 18.2 Å². The van der Waals surface area contributed by atoms with Crippen molar-refractivity contribution < 1.29 is 14.3 Å². The van der Waals surface area contributed by atoms with Crippen LogP contribution in [0.3, 0.4) is 0 Å². The molecule has 2 N–H and O–H groups in total. The van der Waals surface area contributed by atoms with Gasteiger partial charge in [0, 0.05) is 62.3 Å². The van der Waals surface area contributed by atoms with E-state index in [1.807, 2.05) is 41.3 Å². The van der Waals surface area contributed by atoms with Crippen molar-refractivity contribution in [3.8, 4) is 11.5 Å². The number of halogens is 1. The van der Waals surface area contributed by atoms with Crippen LogP contribution in [0.4, 0.5) is 11.4 Å². The number of aliphatic imine (C=N–C) groups is 1. The SMILES string of the molecule is CN=C(NCC(=O)N1CCc2ccccc21)NC1CCN(c2cc(OC)cc(OC)c2)C1.I. The third kappa shape index (κ3) is 5.82. The van der Waals surface area contributed by atoms with Crippen LogP contribution >= 0.6 is 24.0 Å². The number of anilines is 2. The second-order valence-corrected chi connectivity index (χ2v) is 8.00. The first kappa shape index (κ1) is 24.9. The highest BCUT2D eigenvalue weighted by molar-refractivity contribution is 14.0. The number of fused-ring (bicyclic) bond motifs is 1. The summed E-state index contributed by atoms with van der Waals surface area (Å²) in [5.41, 5.74) is 3.31. The number of carbonyl (C=O) groups excluding carboxylic acids is 1. The Morgan fingerprint density at radius 3 is 2.55 bits per heavy atom. The number of carbonyl (C=O) groups is 1. The van der Waals surface area contributed by atoms with Crippen molar-refractivity contribution in [2.24, 2.45) is 4.99 Å². The van der Waals surface area contributed by atoms with E-state index in [1.165, 1.54) is 5.56 Å². The summed E-state index contributed by atoms with van der Waals surface area (Å²) < 4.78 is 10.8. The van der Waals surface area contributed by atoms with Gasteiger partial charge in [0.2, 0.25) is 5.91 Å². The van der Waals surface area contributed by atoms with Crippen molar-refractivity contribution in [1.82, 2.24) is 10.6 Å². The minimum absolute atomic E-state index is 0. The zero-order valence-electron chi connectivity index (χ0n) is 19.3. The predicted octanol–water partition coefficient (Wildman–Crippen LogP) is 2.65. The third-order valence-corrected chi connectivity index (χ3v) is 6.05. The summed E-state index contributed by atoms with van der Waals surface area (Å²) in [6, 6.07) is 14.2. The molecule has 1 saturated heterocycles.